The molecule has 0 radical (unpaired) electrons. The Bertz CT molecular complexity index is 920. The zero-order valence-electron chi connectivity index (χ0n) is 17.4. The molecule has 0 saturated carbocycles. The van der Waals surface area contributed by atoms with Crippen LogP contribution in [0.5, 0.6) is 5.75 Å². The van der Waals surface area contributed by atoms with Gasteiger partial charge in [0.1, 0.15) is 5.75 Å². The van der Waals surface area contributed by atoms with Gasteiger partial charge in [0.05, 0.1) is 25.6 Å². The molecule has 0 bridgehead atoms. The third-order valence-electron chi connectivity index (χ3n) is 5.97. The molecule has 2 aliphatic rings. The summed E-state index contributed by atoms with van der Waals surface area (Å²) in [6, 6.07) is 15.9. The van der Waals surface area contributed by atoms with Crippen molar-refractivity contribution < 1.29 is 14.3 Å². The second-order valence-corrected chi connectivity index (χ2v) is 8.54. The maximum Gasteiger partial charge on any atom is 0.242 e. The van der Waals surface area contributed by atoms with Gasteiger partial charge >= 0.3 is 0 Å². The molecule has 2 aromatic carbocycles. The highest BCUT2D eigenvalue weighted by molar-refractivity contribution is 5.88. The van der Waals surface area contributed by atoms with Gasteiger partial charge in [-0.3, -0.25) is 9.59 Å². The average Bonchev–Trinajstić information content (AvgIpc) is 2.70. The van der Waals surface area contributed by atoms with Gasteiger partial charge in [0.15, 0.2) is 0 Å². The number of carbonyl (C=O) groups excluding carboxylic acids is 2. The van der Waals surface area contributed by atoms with Crippen LogP contribution in [-0.4, -0.2) is 47.9 Å². The molecule has 0 N–H and O–H groups in total. The summed E-state index contributed by atoms with van der Waals surface area (Å²) < 4.78 is 5.46. The Morgan fingerprint density at radius 3 is 2.59 bits per heavy atom. The van der Waals surface area contributed by atoms with E-state index in [1.807, 2.05) is 42.2 Å². The van der Waals surface area contributed by atoms with Crippen LogP contribution in [0, 0.1) is 0 Å². The highest BCUT2D eigenvalue weighted by Gasteiger charge is 2.44. The van der Waals surface area contributed by atoms with Gasteiger partial charge in [-0.1, -0.05) is 50.2 Å². The normalized spacial score (nSPS) is 20.1. The van der Waals surface area contributed by atoms with E-state index in [9.17, 15) is 9.59 Å². The monoisotopic (exact) mass is 392 g/mol. The van der Waals surface area contributed by atoms with E-state index in [-0.39, 0.29) is 29.8 Å². The molecular weight excluding hydrogens is 364 g/mol. The number of amides is 2. The predicted octanol–water partition coefficient (Wildman–Crippen LogP) is 3.33. The number of hydrogen-bond acceptors (Lipinski definition) is 3. The summed E-state index contributed by atoms with van der Waals surface area (Å²) in [5, 5.41) is 0. The van der Waals surface area contributed by atoms with E-state index in [0.29, 0.717) is 26.1 Å². The highest BCUT2D eigenvalue weighted by Crippen LogP contribution is 2.41. The third kappa shape index (κ3) is 3.74. The molecule has 2 heterocycles. The number of ether oxygens (including phenoxy) is 1. The smallest absolute Gasteiger partial charge is 0.242 e. The summed E-state index contributed by atoms with van der Waals surface area (Å²) in [6.07, 6.45) is 0.291. The van der Waals surface area contributed by atoms with E-state index in [1.165, 1.54) is 5.56 Å². The molecule has 29 heavy (non-hydrogen) atoms. The lowest BCUT2D eigenvalue weighted by Gasteiger charge is -2.49. The zero-order valence-corrected chi connectivity index (χ0v) is 17.4. The van der Waals surface area contributed by atoms with Crippen LogP contribution in [0.25, 0.3) is 0 Å². The van der Waals surface area contributed by atoms with Crippen LogP contribution in [0.1, 0.15) is 43.5 Å². The van der Waals surface area contributed by atoms with Crippen molar-refractivity contribution in [1.29, 1.82) is 0 Å². The van der Waals surface area contributed by atoms with Crippen molar-refractivity contribution in [2.24, 2.45) is 0 Å². The van der Waals surface area contributed by atoms with Crippen LogP contribution in [0.3, 0.4) is 0 Å². The lowest BCUT2D eigenvalue weighted by Crippen LogP contribution is -2.58. The molecule has 2 aliphatic heterocycles. The minimum absolute atomic E-state index is 0.00975. The van der Waals surface area contributed by atoms with Crippen molar-refractivity contribution in [3.05, 3.63) is 65.2 Å². The van der Waals surface area contributed by atoms with E-state index in [1.54, 1.807) is 4.90 Å². The summed E-state index contributed by atoms with van der Waals surface area (Å²) in [5.74, 6) is 0.822. The van der Waals surface area contributed by atoms with Crippen molar-refractivity contribution in [3.8, 4) is 5.75 Å². The first kappa shape index (κ1) is 19.5. The molecule has 0 aromatic heterocycles. The first-order chi connectivity index (χ1) is 13.9. The van der Waals surface area contributed by atoms with Crippen molar-refractivity contribution in [2.75, 3.05) is 26.2 Å². The Hall–Kier alpha value is -2.82. The second-order valence-electron chi connectivity index (χ2n) is 8.54. The topological polar surface area (TPSA) is 49.9 Å². The van der Waals surface area contributed by atoms with Crippen LogP contribution in [-0.2, 0) is 21.4 Å². The molecule has 1 saturated heterocycles. The van der Waals surface area contributed by atoms with Gasteiger partial charge in [-0.15, -0.1) is 0 Å². The molecular formula is C24H28N2O3. The van der Waals surface area contributed by atoms with E-state index in [2.05, 4.69) is 32.0 Å². The van der Waals surface area contributed by atoms with Crippen LogP contribution >= 0.6 is 0 Å². The Morgan fingerprint density at radius 2 is 1.86 bits per heavy atom. The lowest BCUT2D eigenvalue weighted by atomic mass is 9.75. The zero-order chi connectivity index (χ0) is 20.6. The molecule has 1 fully saturated rings. The van der Waals surface area contributed by atoms with Crippen LogP contribution in [0.2, 0.25) is 0 Å². The number of hydrogen-bond donors (Lipinski definition) is 0. The lowest BCUT2D eigenvalue weighted by molar-refractivity contribution is -0.150. The molecule has 5 heteroatoms. The number of rotatable bonds is 4. The molecule has 2 amide bonds. The van der Waals surface area contributed by atoms with E-state index < -0.39 is 0 Å². The fraction of sp³-hybridized carbons (Fsp3) is 0.417. The molecule has 5 nitrogen and oxygen atoms in total. The molecule has 2 aromatic rings. The molecule has 152 valence electrons. The molecule has 1 unspecified atom stereocenters. The number of carbonyl (C=O) groups is 2. The Morgan fingerprint density at radius 1 is 1.14 bits per heavy atom. The Balaban J connectivity index is 1.53. The number of fused-ring (bicyclic) bond motifs is 3. The van der Waals surface area contributed by atoms with E-state index in [0.717, 1.165) is 16.9 Å². The fourth-order valence-electron chi connectivity index (χ4n) is 4.53. The van der Waals surface area contributed by atoms with Crippen molar-refractivity contribution in [3.63, 3.8) is 0 Å². The van der Waals surface area contributed by atoms with Gasteiger partial charge < -0.3 is 14.5 Å². The summed E-state index contributed by atoms with van der Waals surface area (Å²) in [5.41, 5.74) is 3.28. The van der Waals surface area contributed by atoms with Gasteiger partial charge in [0, 0.05) is 18.5 Å². The van der Waals surface area contributed by atoms with Gasteiger partial charge in [0.25, 0.3) is 0 Å². The van der Waals surface area contributed by atoms with Crippen molar-refractivity contribution in [2.45, 2.75) is 38.6 Å². The largest absolute Gasteiger partial charge is 0.494 e. The quantitative estimate of drug-likeness (QED) is 0.802. The third-order valence-corrected chi connectivity index (χ3v) is 5.97. The standard InChI is InChI=1S/C24H28N2O3/c1-4-29-18-11-9-17(10-12-18)13-22(27)25-14-21-19-7-5-6-8-20(19)24(2,3)16-26(21)23(28)15-25/h5-12,21H,4,13-16H2,1-3H3. The summed E-state index contributed by atoms with van der Waals surface area (Å²) in [7, 11) is 0. The molecule has 0 spiro atoms. The number of benzene rings is 2. The van der Waals surface area contributed by atoms with Gasteiger partial charge in [-0.2, -0.15) is 0 Å². The second kappa shape index (κ2) is 7.54. The number of piperazine rings is 1. The summed E-state index contributed by atoms with van der Waals surface area (Å²) in [4.78, 5) is 29.6. The first-order valence-electron chi connectivity index (χ1n) is 10.3. The highest BCUT2D eigenvalue weighted by atomic mass is 16.5. The van der Waals surface area contributed by atoms with Crippen LogP contribution < -0.4 is 4.74 Å². The average molecular weight is 392 g/mol. The van der Waals surface area contributed by atoms with Crippen LogP contribution in [0.4, 0.5) is 0 Å². The van der Waals surface area contributed by atoms with Crippen molar-refractivity contribution in [1.82, 2.24) is 9.80 Å². The van der Waals surface area contributed by atoms with Crippen molar-refractivity contribution >= 4 is 11.8 Å². The van der Waals surface area contributed by atoms with Gasteiger partial charge in [-0.25, -0.2) is 0 Å². The maximum absolute atomic E-state index is 13.0. The first-order valence-corrected chi connectivity index (χ1v) is 10.3. The maximum atomic E-state index is 13.0. The number of nitrogens with zero attached hydrogens (tertiary/aromatic N) is 2. The molecule has 4 rings (SSSR count). The van der Waals surface area contributed by atoms with Crippen LogP contribution in [0.15, 0.2) is 48.5 Å². The Kier molecular flexibility index (Phi) is 5.07. The Labute approximate surface area is 172 Å². The predicted molar refractivity (Wildman–Crippen MR) is 112 cm³/mol. The van der Waals surface area contributed by atoms with Gasteiger partial charge in [0.2, 0.25) is 11.8 Å². The minimum atomic E-state index is -0.0861. The summed E-state index contributed by atoms with van der Waals surface area (Å²) in [6.45, 7) is 8.31. The minimum Gasteiger partial charge on any atom is -0.494 e. The van der Waals surface area contributed by atoms with Gasteiger partial charge in [-0.05, 0) is 35.7 Å². The summed E-state index contributed by atoms with van der Waals surface area (Å²) >= 11 is 0. The fourth-order valence-corrected chi connectivity index (χ4v) is 4.53. The van der Waals surface area contributed by atoms with E-state index >= 15 is 0 Å². The van der Waals surface area contributed by atoms with E-state index in [4.69, 9.17) is 4.74 Å². The molecule has 1 atom stereocenters. The molecule has 0 aliphatic carbocycles. The SMILES string of the molecule is CCOc1ccc(CC(=O)N2CC(=O)N3CC(C)(C)c4ccccc4C3C2)cc1.